The first-order chi connectivity index (χ1) is 15.3. The van der Waals surface area contributed by atoms with Crippen LogP contribution in [0.15, 0.2) is 23.1 Å². The third kappa shape index (κ3) is 6.91. The lowest BCUT2D eigenvalue weighted by atomic mass is 10.0. The number of sulfonamides is 1. The van der Waals surface area contributed by atoms with Gasteiger partial charge in [-0.15, -0.1) is 0 Å². The highest BCUT2D eigenvalue weighted by molar-refractivity contribution is 7.89. The molecule has 9 nitrogen and oxygen atoms in total. The molecule has 1 amide bonds. The smallest absolute Gasteiger partial charge is 0.248 e. The molecule has 1 aliphatic rings. The average molecular weight is 483 g/mol. The number of aliphatic hydroxyl groups excluding tert-OH is 1. The van der Waals surface area contributed by atoms with Crippen LogP contribution in [0.4, 0.5) is 0 Å². The van der Waals surface area contributed by atoms with Crippen LogP contribution in [0.2, 0.25) is 0 Å². The van der Waals surface area contributed by atoms with E-state index in [0.29, 0.717) is 5.56 Å². The fraction of sp³-hybridized carbons (Fsp3) is 0.609. The molecule has 3 atom stereocenters. The molecule has 0 aromatic heterocycles. The third-order valence-electron chi connectivity index (χ3n) is 5.33. The molecule has 0 aliphatic carbocycles. The zero-order valence-electron chi connectivity index (χ0n) is 20.0. The quantitative estimate of drug-likeness (QED) is 0.573. The van der Waals surface area contributed by atoms with E-state index in [2.05, 4.69) is 11.8 Å². The maximum absolute atomic E-state index is 13.5. The van der Waals surface area contributed by atoms with Gasteiger partial charge in [0.1, 0.15) is 29.0 Å². The van der Waals surface area contributed by atoms with E-state index in [1.54, 1.807) is 33.9 Å². The average Bonchev–Trinajstić information content (AvgIpc) is 2.73. The van der Waals surface area contributed by atoms with Crippen LogP contribution in [-0.4, -0.2) is 92.0 Å². The molecule has 0 bridgehead atoms. The van der Waals surface area contributed by atoms with Crippen molar-refractivity contribution in [2.45, 2.75) is 50.3 Å². The highest BCUT2D eigenvalue weighted by Crippen LogP contribution is 2.34. The molecule has 0 saturated carbocycles. The normalized spacial score (nSPS) is 21.5. The van der Waals surface area contributed by atoms with Gasteiger partial charge in [-0.05, 0) is 39.0 Å². The van der Waals surface area contributed by atoms with Gasteiger partial charge in [0.15, 0.2) is 0 Å². The number of ether oxygens (including phenoxy) is 2. The minimum atomic E-state index is -3.97. The lowest BCUT2D eigenvalue weighted by molar-refractivity contribution is -0.135. The molecule has 184 valence electrons. The Labute approximate surface area is 196 Å². The molecule has 1 heterocycles. The Morgan fingerprint density at radius 3 is 2.67 bits per heavy atom. The zero-order chi connectivity index (χ0) is 25.0. The van der Waals surface area contributed by atoms with Gasteiger partial charge in [-0.3, -0.25) is 4.79 Å². The molecule has 0 radical (unpaired) electrons. The summed E-state index contributed by atoms with van der Waals surface area (Å²) in [6.07, 6.45) is -0.532. The summed E-state index contributed by atoms with van der Waals surface area (Å²) >= 11 is 0. The molecule has 1 aliphatic heterocycles. The summed E-state index contributed by atoms with van der Waals surface area (Å²) in [6.45, 7) is 6.49. The second kappa shape index (κ2) is 10.8. The number of fused-ring (bicyclic) bond motifs is 1. The minimum Gasteiger partial charge on any atom is -0.487 e. The number of nitrogens with zero attached hydrogens (tertiary/aromatic N) is 2. The first kappa shape index (κ1) is 27.1. The maximum Gasteiger partial charge on any atom is 0.248 e. The van der Waals surface area contributed by atoms with Gasteiger partial charge in [0.25, 0.3) is 0 Å². The third-order valence-corrected chi connectivity index (χ3v) is 7.35. The van der Waals surface area contributed by atoms with Crippen LogP contribution in [0, 0.1) is 17.8 Å². The second-order valence-corrected chi connectivity index (χ2v) is 10.8. The number of likely N-dealkylation sites (N-methyl/N-ethyl adjacent to an activating group) is 1. The Bertz CT molecular complexity index is 1010. The van der Waals surface area contributed by atoms with Gasteiger partial charge in [0.2, 0.25) is 15.9 Å². The Balaban J connectivity index is 2.57. The fourth-order valence-electron chi connectivity index (χ4n) is 3.35. The first-order valence-electron chi connectivity index (χ1n) is 10.7. The molecular formula is C23H34N2O7S. The van der Waals surface area contributed by atoms with Gasteiger partial charge >= 0.3 is 0 Å². The van der Waals surface area contributed by atoms with E-state index in [1.165, 1.54) is 28.4 Å². The number of benzene rings is 1. The number of methoxy groups -OCH3 is 1. The van der Waals surface area contributed by atoms with Crippen LogP contribution in [0.1, 0.15) is 33.3 Å². The summed E-state index contributed by atoms with van der Waals surface area (Å²) in [5.74, 6) is 5.12. The molecular weight excluding hydrogens is 448 g/mol. The first-order valence-corrected chi connectivity index (χ1v) is 12.2. The molecule has 10 heteroatoms. The Morgan fingerprint density at radius 2 is 2.09 bits per heavy atom. The van der Waals surface area contributed by atoms with Crippen molar-refractivity contribution in [2.75, 3.05) is 40.5 Å². The molecule has 1 aromatic rings. The standard InChI is InChI=1S/C23H34N2O7S/c1-16-12-25(17(2)14-26)33(29,30)21-8-7-18(9-10-23(3,4)28)11-19(21)32-20(16)13-24(5)22(27)15-31-6/h7-8,11,16-17,20,26,28H,12-15H2,1-6H3/t16-,17+,20-/m1/s1. The van der Waals surface area contributed by atoms with E-state index in [-0.39, 0.29) is 48.8 Å². The van der Waals surface area contributed by atoms with Crippen molar-refractivity contribution in [3.8, 4) is 17.6 Å². The summed E-state index contributed by atoms with van der Waals surface area (Å²) in [6, 6.07) is 3.85. The van der Waals surface area contributed by atoms with E-state index < -0.39 is 27.8 Å². The number of carbonyl (C=O) groups is 1. The lowest BCUT2D eigenvalue weighted by Crippen LogP contribution is -2.50. The van der Waals surface area contributed by atoms with Crippen molar-refractivity contribution in [1.82, 2.24) is 9.21 Å². The highest BCUT2D eigenvalue weighted by Gasteiger charge is 2.38. The largest absolute Gasteiger partial charge is 0.487 e. The van der Waals surface area contributed by atoms with Crippen molar-refractivity contribution < 1.29 is 32.9 Å². The van der Waals surface area contributed by atoms with Crippen LogP contribution < -0.4 is 4.74 Å². The molecule has 0 unspecified atom stereocenters. The molecule has 1 aromatic carbocycles. The van der Waals surface area contributed by atoms with Crippen LogP contribution in [0.5, 0.6) is 5.75 Å². The summed E-state index contributed by atoms with van der Waals surface area (Å²) < 4.78 is 39.3. The van der Waals surface area contributed by atoms with Crippen LogP contribution in [-0.2, 0) is 19.6 Å². The van der Waals surface area contributed by atoms with Crippen molar-refractivity contribution >= 4 is 15.9 Å². The number of hydrogen-bond acceptors (Lipinski definition) is 7. The summed E-state index contributed by atoms with van der Waals surface area (Å²) in [5, 5.41) is 19.6. The Kier molecular flexibility index (Phi) is 8.90. The molecule has 0 fully saturated rings. The molecule has 2 rings (SSSR count). The number of hydrogen-bond donors (Lipinski definition) is 2. The second-order valence-electron chi connectivity index (χ2n) is 8.92. The number of amides is 1. The molecule has 0 spiro atoms. The minimum absolute atomic E-state index is 0.0422. The van der Waals surface area contributed by atoms with Gasteiger partial charge in [0.05, 0.1) is 13.2 Å². The maximum atomic E-state index is 13.5. The molecule has 2 N–H and O–H groups in total. The van der Waals surface area contributed by atoms with E-state index in [9.17, 15) is 23.4 Å². The number of aliphatic hydroxyl groups is 2. The summed E-state index contributed by atoms with van der Waals surface area (Å²) in [5.41, 5.74) is -0.741. The van der Waals surface area contributed by atoms with E-state index in [1.807, 2.05) is 6.92 Å². The van der Waals surface area contributed by atoms with Gasteiger partial charge in [-0.2, -0.15) is 4.31 Å². The zero-order valence-corrected chi connectivity index (χ0v) is 20.8. The van der Waals surface area contributed by atoms with E-state index >= 15 is 0 Å². The van der Waals surface area contributed by atoms with Gasteiger partial charge in [-0.25, -0.2) is 8.42 Å². The van der Waals surface area contributed by atoms with Crippen molar-refractivity contribution in [1.29, 1.82) is 0 Å². The van der Waals surface area contributed by atoms with Crippen molar-refractivity contribution in [3.63, 3.8) is 0 Å². The Hall–Kier alpha value is -2.16. The van der Waals surface area contributed by atoms with E-state index in [0.717, 1.165) is 0 Å². The Morgan fingerprint density at radius 1 is 1.42 bits per heavy atom. The lowest BCUT2D eigenvalue weighted by Gasteiger charge is -2.37. The highest BCUT2D eigenvalue weighted by atomic mass is 32.2. The topological polar surface area (TPSA) is 117 Å². The van der Waals surface area contributed by atoms with Crippen molar-refractivity contribution in [3.05, 3.63) is 23.8 Å². The van der Waals surface area contributed by atoms with Crippen LogP contribution in [0.3, 0.4) is 0 Å². The summed E-state index contributed by atoms with van der Waals surface area (Å²) in [7, 11) is -0.905. The van der Waals surface area contributed by atoms with Crippen molar-refractivity contribution in [2.24, 2.45) is 5.92 Å². The number of carbonyl (C=O) groups excluding carboxylic acids is 1. The fourth-order valence-corrected chi connectivity index (χ4v) is 5.18. The summed E-state index contributed by atoms with van der Waals surface area (Å²) in [4.78, 5) is 13.7. The predicted molar refractivity (Wildman–Crippen MR) is 123 cm³/mol. The molecule has 33 heavy (non-hydrogen) atoms. The van der Waals surface area contributed by atoms with E-state index in [4.69, 9.17) is 9.47 Å². The monoisotopic (exact) mass is 482 g/mol. The SMILES string of the molecule is COCC(=O)N(C)C[C@H]1Oc2cc(C#CC(C)(C)O)ccc2S(=O)(=O)N([C@@H](C)CO)C[C@H]1C. The van der Waals surface area contributed by atoms with Gasteiger partial charge in [0, 0.05) is 38.2 Å². The van der Waals surface area contributed by atoms with Crippen LogP contribution >= 0.6 is 0 Å². The van der Waals surface area contributed by atoms with Gasteiger partial charge in [-0.1, -0.05) is 18.8 Å². The predicted octanol–water partition coefficient (Wildman–Crippen LogP) is 0.682. The molecule has 0 saturated heterocycles. The number of rotatable bonds is 6. The van der Waals surface area contributed by atoms with Crippen LogP contribution in [0.25, 0.3) is 0 Å². The van der Waals surface area contributed by atoms with Gasteiger partial charge < -0.3 is 24.6 Å².